The molecule has 1 aromatic heterocycles. The van der Waals surface area contributed by atoms with Crippen LogP contribution in [0.4, 0.5) is 0 Å². The summed E-state index contributed by atoms with van der Waals surface area (Å²) in [6.07, 6.45) is 2.30. The van der Waals surface area contributed by atoms with E-state index in [1.807, 2.05) is 37.4 Å². The molecule has 6 nitrogen and oxygen atoms in total. The summed E-state index contributed by atoms with van der Waals surface area (Å²) in [6, 6.07) is 13.7. The van der Waals surface area contributed by atoms with E-state index in [2.05, 4.69) is 27.8 Å². The summed E-state index contributed by atoms with van der Waals surface area (Å²) < 4.78 is 4.72. The lowest BCUT2D eigenvalue weighted by atomic mass is 9.98. The first-order chi connectivity index (χ1) is 12.7. The van der Waals surface area contributed by atoms with Crippen molar-refractivity contribution in [3.8, 4) is 0 Å². The van der Waals surface area contributed by atoms with Gasteiger partial charge in [0.25, 0.3) is 5.91 Å². The maximum Gasteiger partial charge on any atom is 0.253 e. The SMILES string of the molecule is CN(Cc1ccc2nonc2c1)C(=O)c1ccc(CC2CCNC2)cc1. The molecule has 0 bridgehead atoms. The first-order valence-corrected chi connectivity index (χ1v) is 8.95. The van der Waals surface area contributed by atoms with Gasteiger partial charge in [-0.2, -0.15) is 0 Å². The maximum absolute atomic E-state index is 12.7. The molecule has 1 amide bonds. The van der Waals surface area contributed by atoms with Crippen LogP contribution in [0.2, 0.25) is 0 Å². The Hall–Kier alpha value is -2.73. The summed E-state index contributed by atoms with van der Waals surface area (Å²) in [7, 11) is 1.81. The van der Waals surface area contributed by atoms with Crippen LogP contribution in [0.25, 0.3) is 11.0 Å². The predicted octanol–water partition coefficient (Wildman–Crippen LogP) is 2.65. The number of amides is 1. The van der Waals surface area contributed by atoms with Gasteiger partial charge in [-0.15, -0.1) is 0 Å². The van der Waals surface area contributed by atoms with Gasteiger partial charge in [0, 0.05) is 19.2 Å². The van der Waals surface area contributed by atoms with Gasteiger partial charge in [-0.05, 0) is 77.6 Å². The minimum absolute atomic E-state index is 0.0115. The highest BCUT2D eigenvalue weighted by molar-refractivity contribution is 5.94. The van der Waals surface area contributed by atoms with E-state index in [-0.39, 0.29) is 5.91 Å². The second-order valence-corrected chi connectivity index (χ2v) is 7.01. The third-order valence-electron chi connectivity index (χ3n) is 4.97. The molecule has 3 aromatic rings. The third kappa shape index (κ3) is 3.60. The van der Waals surface area contributed by atoms with Crippen LogP contribution in [0.15, 0.2) is 47.1 Å². The van der Waals surface area contributed by atoms with Crippen LogP contribution in [0.3, 0.4) is 0 Å². The first kappa shape index (κ1) is 16.7. The molecular formula is C20H22N4O2. The summed E-state index contributed by atoms with van der Waals surface area (Å²) in [5.41, 5.74) is 4.42. The van der Waals surface area contributed by atoms with Gasteiger partial charge >= 0.3 is 0 Å². The Morgan fingerprint density at radius 2 is 1.92 bits per heavy atom. The van der Waals surface area contributed by atoms with Gasteiger partial charge in [-0.3, -0.25) is 4.79 Å². The largest absolute Gasteiger partial charge is 0.337 e. The van der Waals surface area contributed by atoms with Crippen molar-refractivity contribution in [2.75, 3.05) is 20.1 Å². The smallest absolute Gasteiger partial charge is 0.253 e. The fraction of sp³-hybridized carbons (Fsp3) is 0.350. The Kier molecular flexibility index (Phi) is 4.67. The van der Waals surface area contributed by atoms with Crippen LogP contribution in [-0.2, 0) is 13.0 Å². The molecule has 6 heteroatoms. The summed E-state index contributed by atoms with van der Waals surface area (Å²) in [5, 5.41) is 11.0. The van der Waals surface area contributed by atoms with E-state index in [9.17, 15) is 4.79 Å². The second-order valence-electron chi connectivity index (χ2n) is 7.01. The first-order valence-electron chi connectivity index (χ1n) is 8.95. The molecule has 2 aromatic carbocycles. The number of carbonyl (C=O) groups is 1. The fourth-order valence-corrected chi connectivity index (χ4v) is 3.50. The Labute approximate surface area is 152 Å². The molecule has 1 fully saturated rings. The molecule has 1 unspecified atom stereocenters. The van der Waals surface area contributed by atoms with Crippen LogP contribution in [-0.4, -0.2) is 41.3 Å². The van der Waals surface area contributed by atoms with Gasteiger partial charge in [-0.25, -0.2) is 4.63 Å². The van der Waals surface area contributed by atoms with Crippen molar-refractivity contribution in [1.29, 1.82) is 0 Å². The van der Waals surface area contributed by atoms with Crippen LogP contribution in [0.1, 0.15) is 27.9 Å². The highest BCUT2D eigenvalue weighted by Crippen LogP contribution is 2.17. The molecule has 0 spiro atoms. The summed E-state index contributed by atoms with van der Waals surface area (Å²) in [5.74, 6) is 0.720. The zero-order valence-corrected chi connectivity index (χ0v) is 14.8. The minimum Gasteiger partial charge on any atom is -0.337 e. The van der Waals surface area contributed by atoms with Crippen molar-refractivity contribution >= 4 is 16.9 Å². The van der Waals surface area contributed by atoms with E-state index in [4.69, 9.17) is 4.63 Å². The molecule has 0 radical (unpaired) electrons. The van der Waals surface area contributed by atoms with Crippen LogP contribution in [0, 0.1) is 5.92 Å². The molecule has 0 saturated carbocycles. The average Bonchev–Trinajstić information content (AvgIpc) is 3.33. The van der Waals surface area contributed by atoms with E-state index >= 15 is 0 Å². The molecular weight excluding hydrogens is 328 g/mol. The second kappa shape index (κ2) is 7.25. The molecule has 2 heterocycles. The van der Waals surface area contributed by atoms with Crippen LogP contribution >= 0.6 is 0 Å². The molecule has 1 N–H and O–H groups in total. The van der Waals surface area contributed by atoms with Crippen molar-refractivity contribution < 1.29 is 9.42 Å². The number of fused-ring (bicyclic) bond motifs is 1. The van der Waals surface area contributed by atoms with Crippen molar-refractivity contribution in [1.82, 2.24) is 20.5 Å². The van der Waals surface area contributed by atoms with E-state index in [1.165, 1.54) is 12.0 Å². The van der Waals surface area contributed by atoms with Crippen molar-refractivity contribution in [2.24, 2.45) is 5.92 Å². The molecule has 1 aliphatic heterocycles. The quantitative estimate of drug-likeness (QED) is 0.766. The van der Waals surface area contributed by atoms with E-state index in [1.54, 1.807) is 4.90 Å². The summed E-state index contributed by atoms with van der Waals surface area (Å²) in [4.78, 5) is 14.4. The Bertz CT molecular complexity index is 898. The Morgan fingerprint density at radius 1 is 1.15 bits per heavy atom. The molecule has 4 rings (SSSR count). The number of nitrogens with zero attached hydrogens (tertiary/aromatic N) is 3. The van der Waals surface area contributed by atoms with Crippen molar-refractivity contribution in [3.05, 3.63) is 59.2 Å². The number of carbonyl (C=O) groups excluding carboxylic acids is 1. The number of nitrogens with one attached hydrogen (secondary N) is 1. The number of rotatable bonds is 5. The number of hydrogen-bond donors (Lipinski definition) is 1. The predicted molar refractivity (Wildman–Crippen MR) is 98.7 cm³/mol. The van der Waals surface area contributed by atoms with Crippen molar-refractivity contribution in [3.63, 3.8) is 0 Å². The number of benzene rings is 2. The molecule has 26 heavy (non-hydrogen) atoms. The molecule has 0 aliphatic carbocycles. The molecule has 134 valence electrons. The Morgan fingerprint density at radius 3 is 2.69 bits per heavy atom. The van der Waals surface area contributed by atoms with Crippen molar-refractivity contribution in [2.45, 2.75) is 19.4 Å². The van der Waals surface area contributed by atoms with Gasteiger partial charge in [-0.1, -0.05) is 18.2 Å². The zero-order valence-electron chi connectivity index (χ0n) is 14.8. The lowest BCUT2D eigenvalue weighted by molar-refractivity contribution is 0.0785. The summed E-state index contributed by atoms with van der Waals surface area (Å²) in [6.45, 7) is 2.72. The average molecular weight is 350 g/mol. The Balaban J connectivity index is 1.40. The zero-order chi connectivity index (χ0) is 17.9. The van der Waals surface area contributed by atoms with Gasteiger partial charge in [0.05, 0.1) is 0 Å². The lowest BCUT2D eigenvalue weighted by Gasteiger charge is -2.17. The fourth-order valence-electron chi connectivity index (χ4n) is 3.50. The maximum atomic E-state index is 12.7. The lowest BCUT2D eigenvalue weighted by Crippen LogP contribution is -2.26. The van der Waals surface area contributed by atoms with Gasteiger partial charge in [0.15, 0.2) is 0 Å². The topological polar surface area (TPSA) is 71.3 Å². The van der Waals surface area contributed by atoms with Crippen LogP contribution < -0.4 is 5.32 Å². The molecule has 1 saturated heterocycles. The number of hydrogen-bond acceptors (Lipinski definition) is 5. The van der Waals surface area contributed by atoms with E-state index in [0.29, 0.717) is 23.5 Å². The van der Waals surface area contributed by atoms with Gasteiger partial charge in [0.1, 0.15) is 11.0 Å². The van der Waals surface area contributed by atoms with Gasteiger partial charge in [0.2, 0.25) is 0 Å². The van der Waals surface area contributed by atoms with E-state index in [0.717, 1.165) is 30.6 Å². The standard InChI is InChI=1S/C20H22N4O2/c1-24(13-16-4-7-18-19(11-16)23-26-22-18)20(25)17-5-2-14(3-6-17)10-15-8-9-21-12-15/h2-7,11,15,21H,8-10,12-13H2,1H3. The third-order valence-corrected chi connectivity index (χ3v) is 4.97. The highest BCUT2D eigenvalue weighted by atomic mass is 16.6. The number of aromatic nitrogens is 2. The molecule has 1 atom stereocenters. The van der Waals surface area contributed by atoms with E-state index < -0.39 is 0 Å². The minimum atomic E-state index is 0.0115. The van der Waals surface area contributed by atoms with Crippen LogP contribution in [0.5, 0.6) is 0 Å². The summed E-state index contributed by atoms with van der Waals surface area (Å²) >= 11 is 0. The molecule has 1 aliphatic rings. The monoisotopic (exact) mass is 350 g/mol. The van der Waals surface area contributed by atoms with Gasteiger partial charge < -0.3 is 10.2 Å². The normalized spacial score (nSPS) is 16.9. The highest BCUT2D eigenvalue weighted by Gasteiger charge is 2.16.